The van der Waals surface area contributed by atoms with Gasteiger partial charge in [-0.3, -0.25) is 4.79 Å². The van der Waals surface area contributed by atoms with Crippen molar-refractivity contribution in [3.63, 3.8) is 0 Å². The van der Waals surface area contributed by atoms with E-state index >= 15 is 0 Å². The molecule has 0 aromatic heterocycles. The zero-order chi connectivity index (χ0) is 16.3. The summed E-state index contributed by atoms with van der Waals surface area (Å²) in [5.74, 6) is -0.406. The quantitative estimate of drug-likeness (QED) is 0.843. The molecule has 6 nitrogen and oxygen atoms in total. The molecule has 1 aromatic carbocycles. The highest BCUT2D eigenvalue weighted by molar-refractivity contribution is 7.89. The number of methoxy groups -OCH3 is 1. The molecule has 7 heteroatoms. The highest BCUT2D eigenvalue weighted by Crippen LogP contribution is 2.27. The molecule has 0 radical (unpaired) electrons. The lowest BCUT2D eigenvalue weighted by Crippen LogP contribution is -2.48. The molecule has 0 spiro atoms. The molecule has 0 saturated heterocycles. The zero-order valence-electron chi connectivity index (χ0n) is 13.1. The van der Waals surface area contributed by atoms with Gasteiger partial charge in [0.05, 0.1) is 17.9 Å². The predicted octanol–water partition coefficient (Wildman–Crippen LogP) is 0.919. The van der Waals surface area contributed by atoms with Gasteiger partial charge >= 0.3 is 0 Å². The summed E-state index contributed by atoms with van der Waals surface area (Å²) in [6, 6.07) is 6.87. The first-order valence-corrected chi connectivity index (χ1v) is 8.91. The molecular formula is C15H22N2O4S. The van der Waals surface area contributed by atoms with E-state index in [2.05, 4.69) is 4.72 Å². The van der Waals surface area contributed by atoms with Gasteiger partial charge in [0.1, 0.15) is 0 Å². The Labute approximate surface area is 131 Å². The summed E-state index contributed by atoms with van der Waals surface area (Å²) in [5.41, 5.74) is 1.97. The molecule has 0 fully saturated rings. The van der Waals surface area contributed by atoms with Crippen LogP contribution < -0.4 is 9.62 Å². The number of nitrogens with zero attached hydrogens (tertiary/aromatic N) is 1. The Hall–Kier alpha value is -1.44. The SMILES string of the molecule is CO[C@H](C)CS(=O)(=O)N[C@@H](C)C(=O)N1CCc2ccccc21. The molecule has 0 aliphatic carbocycles. The number of carbonyl (C=O) groups is 1. The Morgan fingerprint density at radius 2 is 2.05 bits per heavy atom. The number of sulfonamides is 1. The van der Waals surface area contributed by atoms with E-state index in [1.807, 2.05) is 24.3 Å². The molecule has 1 amide bonds. The number of amides is 1. The summed E-state index contributed by atoms with van der Waals surface area (Å²) < 4.78 is 31.4. The van der Waals surface area contributed by atoms with Crippen LogP contribution in [0.25, 0.3) is 0 Å². The number of ether oxygens (including phenoxy) is 1. The standard InChI is InChI=1S/C15H22N2O4S/c1-11(21-3)10-22(19,20)16-12(2)15(18)17-9-8-13-6-4-5-7-14(13)17/h4-7,11-12,16H,8-10H2,1-3H3/t11-,12+/m1/s1. The van der Waals surface area contributed by atoms with Crippen LogP contribution >= 0.6 is 0 Å². The molecule has 1 N–H and O–H groups in total. The number of fused-ring (bicyclic) bond motifs is 1. The first-order valence-electron chi connectivity index (χ1n) is 7.26. The molecule has 0 saturated carbocycles. The molecule has 1 aromatic rings. The van der Waals surface area contributed by atoms with Crippen LogP contribution in [0.1, 0.15) is 19.4 Å². The van der Waals surface area contributed by atoms with E-state index < -0.39 is 22.2 Å². The van der Waals surface area contributed by atoms with Crippen molar-refractivity contribution in [3.05, 3.63) is 29.8 Å². The third-order valence-corrected chi connectivity index (χ3v) is 5.36. The third-order valence-electron chi connectivity index (χ3n) is 3.74. The second-order valence-electron chi connectivity index (χ2n) is 5.54. The van der Waals surface area contributed by atoms with Gasteiger partial charge < -0.3 is 9.64 Å². The van der Waals surface area contributed by atoms with Crippen molar-refractivity contribution < 1.29 is 17.9 Å². The summed E-state index contributed by atoms with van der Waals surface area (Å²) in [6.45, 7) is 3.82. The van der Waals surface area contributed by atoms with Crippen LogP contribution in [-0.4, -0.2) is 45.9 Å². The van der Waals surface area contributed by atoms with Crippen molar-refractivity contribution in [2.24, 2.45) is 0 Å². The van der Waals surface area contributed by atoms with Crippen LogP contribution in [-0.2, 0) is 26.0 Å². The largest absolute Gasteiger partial charge is 0.381 e. The molecule has 1 aliphatic heterocycles. The van der Waals surface area contributed by atoms with Crippen molar-refractivity contribution >= 4 is 21.6 Å². The Morgan fingerprint density at radius 1 is 1.36 bits per heavy atom. The van der Waals surface area contributed by atoms with E-state index in [0.29, 0.717) is 6.54 Å². The van der Waals surface area contributed by atoms with Crippen LogP contribution in [0.4, 0.5) is 5.69 Å². The van der Waals surface area contributed by atoms with Gasteiger partial charge in [0.15, 0.2) is 0 Å². The first-order chi connectivity index (χ1) is 10.3. The number of nitrogens with one attached hydrogen (secondary N) is 1. The maximum absolute atomic E-state index is 12.5. The van der Waals surface area contributed by atoms with E-state index in [1.165, 1.54) is 7.11 Å². The van der Waals surface area contributed by atoms with E-state index in [-0.39, 0.29) is 11.7 Å². The van der Waals surface area contributed by atoms with Gasteiger partial charge in [-0.25, -0.2) is 13.1 Å². The Kier molecular flexibility index (Phi) is 5.20. The first kappa shape index (κ1) is 16.9. The lowest BCUT2D eigenvalue weighted by atomic mass is 10.2. The molecular weight excluding hydrogens is 304 g/mol. The molecule has 1 heterocycles. The van der Waals surface area contributed by atoms with Gasteiger partial charge in [0.25, 0.3) is 0 Å². The summed E-state index contributed by atoms with van der Waals surface area (Å²) in [6.07, 6.45) is 0.370. The number of rotatable bonds is 6. The van der Waals surface area contributed by atoms with Crippen LogP contribution in [0.2, 0.25) is 0 Å². The predicted molar refractivity (Wildman–Crippen MR) is 85.4 cm³/mol. The second-order valence-corrected chi connectivity index (χ2v) is 7.33. The van der Waals surface area contributed by atoms with Crippen molar-refractivity contribution in [3.8, 4) is 0 Å². The normalized spacial score (nSPS) is 17.1. The maximum Gasteiger partial charge on any atom is 0.244 e. The van der Waals surface area contributed by atoms with Crippen LogP contribution in [0.3, 0.4) is 0 Å². The lowest BCUT2D eigenvalue weighted by molar-refractivity contribution is -0.119. The van der Waals surface area contributed by atoms with Crippen LogP contribution in [0.5, 0.6) is 0 Å². The monoisotopic (exact) mass is 326 g/mol. The number of carbonyl (C=O) groups excluding carboxylic acids is 1. The van der Waals surface area contributed by atoms with Crippen molar-refractivity contribution in [1.82, 2.24) is 4.72 Å². The molecule has 0 bridgehead atoms. The molecule has 22 heavy (non-hydrogen) atoms. The third kappa shape index (κ3) is 3.85. The van der Waals surface area contributed by atoms with E-state index in [0.717, 1.165) is 17.7 Å². The number of para-hydroxylation sites is 1. The molecule has 2 atom stereocenters. The average Bonchev–Trinajstić information content (AvgIpc) is 2.89. The Morgan fingerprint density at radius 3 is 2.73 bits per heavy atom. The second kappa shape index (κ2) is 6.76. The van der Waals surface area contributed by atoms with Crippen molar-refractivity contribution in [2.45, 2.75) is 32.4 Å². The van der Waals surface area contributed by atoms with Gasteiger partial charge in [-0.1, -0.05) is 18.2 Å². The molecule has 1 aliphatic rings. The number of hydrogen-bond donors (Lipinski definition) is 1. The fraction of sp³-hybridized carbons (Fsp3) is 0.533. The maximum atomic E-state index is 12.5. The average molecular weight is 326 g/mol. The highest BCUT2D eigenvalue weighted by Gasteiger charge is 2.30. The Balaban J connectivity index is 2.05. The lowest BCUT2D eigenvalue weighted by Gasteiger charge is -2.22. The summed E-state index contributed by atoms with van der Waals surface area (Å²) in [7, 11) is -2.11. The molecule has 0 unspecified atom stereocenters. The van der Waals surface area contributed by atoms with Gasteiger partial charge in [-0.2, -0.15) is 0 Å². The van der Waals surface area contributed by atoms with E-state index in [1.54, 1.807) is 18.7 Å². The summed E-state index contributed by atoms with van der Waals surface area (Å²) >= 11 is 0. The zero-order valence-corrected chi connectivity index (χ0v) is 13.9. The van der Waals surface area contributed by atoms with E-state index in [9.17, 15) is 13.2 Å². The van der Waals surface area contributed by atoms with E-state index in [4.69, 9.17) is 4.74 Å². The van der Waals surface area contributed by atoms with Crippen molar-refractivity contribution in [2.75, 3.05) is 24.3 Å². The minimum absolute atomic E-state index is 0.169. The minimum atomic E-state index is -3.57. The minimum Gasteiger partial charge on any atom is -0.381 e. The summed E-state index contributed by atoms with van der Waals surface area (Å²) in [4.78, 5) is 14.1. The van der Waals surface area contributed by atoms with Crippen LogP contribution in [0.15, 0.2) is 24.3 Å². The topological polar surface area (TPSA) is 75.7 Å². The number of anilines is 1. The number of benzene rings is 1. The van der Waals surface area contributed by atoms with Gasteiger partial charge in [0.2, 0.25) is 15.9 Å². The van der Waals surface area contributed by atoms with Crippen LogP contribution in [0, 0.1) is 0 Å². The van der Waals surface area contributed by atoms with Gasteiger partial charge in [-0.05, 0) is 31.9 Å². The highest BCUT2D eigenvalue weighted by atomic mass is 32.2. The Bertz CT molecular complexity index is 645. The van der Waals surface area contributed by atoms with Gasteiger partial charge in [-0.15, -0.1) is 0 Å². The molecule has 2 rings (SSSR count). The number of hydrogen-bond acceptors (Lipinski definition) is 4. The van der Waals surface area contributed by atoms with Gasteiger partial charge in [0, 0.05) is 19.3 Å². The fourth-order valence-corrected chi connectivity index (χ4v) is 4.04. The summed E-state index contributed by atoms with van der Waals surface area (Å²) in [5, 5.41) is 0. The van der Waals surface area contributed by atoms with Crippen molar-refractivity contribution in [1.29, 1.82) is 0 Å². The molecule has 122 valence electrons. The fourth-order valence-electron chi connectivity index (χ4n) is 2.55. The smallest absolute Gasteiger partial charge is 0.244 e.